The summed E-state index contributed by atoms with van der Waals surface area (Å²) in [4.78, 5) is 26.3. The zero-order valence-electron chi connectivity index (χ0n) is 20.5. The van der Waals surface area contributed by atoms with Crippen molar-refractivity contribution >= 4 is 23.3 Å². The van der Waals surface area contributed by atoms with Crippen LogP contribution in [-0.4, -0.2) is 31.2 Å². The van der Waals surface area contributed by atoms with E-state index >= 15 is 0 Å². The van der Waals surface area contributed by atoms with Gasteiger partial charge in [0, 0.05) is 36.0 Å². The lowest BCUT2D eigenvalue weighted by Crippen LogP contribution is -2.41. The molecule has 0 saturated carbocycles. The maximum atomic E-state index is 13.2. The zero-order valence-corrected chi connectivity index (χ0v) is 20.5. The smallest absolute Gasteiger partial charge is 0.335 e. The van der Waals surface area contributed by atoms with E-state index in [0.29, 0.717) is 37.3 Å². The van der Waals surface area contributed by atoms with Crippen LogP contribution in [0.1, 0.15) is 40.5 Å². The number of ether oxygens (including phenoxy) is 2. The van der Waals surface area contributed by atoms with Crippen LogP contribution in [0.5, 0.6) is 0 Å². The number of carbonyl (C=O) groups excluding carboxylic acids is 2. The van der Waals surface area contributed by atoms with E-state index in [9.17, 15) is 9.59 Å². The highest BCUT2D eigenvalue weighted by molar-refractivity contribution is 5.91. The Labute approximate surface area is 202 Å². The third-order valence-corrected chi connectivity index (χ3v) is 5.55. The number of carbonyl (C=O) groups is 2. The van der Waals surface area contributed by atoms with Crippen LogP contribution in [0.15, 0.2) is 71.9 Å². The lowest BCUT2D eigenvalue weighted by molar-refractivity contribution is -0.151. The molecule has 3 rings (SSSR count). The van der Waals surface area contributed by atoms with E-state index in [0.717, 1.165) is 11.4 Å². The van der Waals surface area contributed by atoms with Gasteiger partial charge in [0.15, 0.2) is 0 Å². The van der Waals surface area contributed by atoms with Crippen LogP contribution in [0.25, 0.3) is 0 Å². The molecule has 2 atom stereocenters. The topological polar surface area (TPSA) is 76.7 Å². The first-order chi connectivity index (χ1) is 16.3. The van der Waals surface area contributed by atoms with Gasteiger partial charge in [0.05, 0.1) is 24.7 Å². The summed E-state index contributed by atoms with van der Waals surface area (Å²) < 4.78 is 11.2. The number of allylic oxidation sites excluding steroid dienone is 1. The Kier molecular flexibility index (Phi) is 9.14. The number of para-hydroxylation sites is 2. The van der Waals surface area contributed by atoms with E-state index in [2.05, 4.69) is 10.6 Å². The predicted molar refractivity (Wildman–Crippen MR) is 135 cm³/mol. The first kappa shape index (κ1) is 25.3. The predicted octanol–water partition coefficient (Wildman–Crippen LogP) is 5.64. The summed E-state index contributed by atoms with van der Waals surface area (Å²) in [6, 6.07) is 19.1. The van der Waals surface area contributed by atoms with Crippen molar-refractivity contribution in [1.82, 2.24) is 0 Å². The first-order valence-corrected chi connectivity index (χ1v) is 12.0. The van der Waals surface area contributed by atoms with Crippen molar-refractivity contribution in [2.24, 2.45) is 17.8 Å². The average molecular weight is 465 g/mol. The number of hydrogen-bond donors (Lipinski definition) is 2. The Morgan fingerprint density at radius 1 is 0.824 bits per heavy atom. The molecule has 0 radical (unpaired) electrons. The minimum Gasteiger partial charge on any atom is -0.465 e. The fraction of sp³-hybridized carbons (Fsp3) is 0.429. The van der Waals surface area contributed by atoms with Crippen molar-refractivity contribution in [2.45, 2.75) is 46.6 Å². The number of esters is 2. The largest absolute Gasteiger partial charge is 0.465 e. The molecule has 2 N–H and O–H groups in total. The second-order valence-electron chi connectivity index (χ2n) is 9.60. The minimum atomic E-state index is -0.452. The van der Waals surface area contributed by atoms with Gasteiger partial charge in [-0.3, -0.25) is 4.79 Å². The number of anilines is 2. The summed E-state index contributed by atoms with van der Waals surface area (Å²) in [6.45, 7) is 8.75. The molecule has 6 heteroatoms. The fourth-order valence-corrected chi connectivity index (χ4v) is 3.83. The number of nitrogens with one attached hydrogen (secondary N) is 2. The maximum absolute atomic E-state index is 13.2. The van der Waals surface area contributed by atoms with Gasteiger partial charge in [-0.25, -0.2) is 4.79 Å². The minimum absolute atomic E-state index is 0.232. The van der Waals surface area contributed by atoms with E-state index in [-0.39, 0.29) is 29.8 Å². The highest BCUT2D eigenvalue weighted by atomic mass is 16.5. The van der Waals surface area contributed by atoms with Crippen molar-refractivity contribution in [2.75, 3.05) is 23.8 Å². The van der Waals surface area contributed by atoms with Crippen molar-refractivity contribution in [3.63, 3.8) is 0 Å². The van der Waals surface area contributed by atoms with Crippen LogP contribution in [0, 0.1) is 17.8 Å². The summed E-state index contributed by atoms with van der Waals surface area (Å²) >= 11 is 0. The van der Waals surface area contributed by atoms with E-state index in [1.54, 1.807) is 0 Å². The summed E-state index contributed by atoms with van der Waals surface area (Å²) in [5.41, 5.74) is 3.02. The van der Waals surface area contributed by atoms with Gasteiger partial charge in [-0.2, -0.15) is 0 Å². The molecule has 0 bridgehead atoms. The highest BCUT2D eigenvalue weighted by Gasteiger charge is 2.39. The normalized spacial score (nSPS) is 18.1. The van der Waals surface area contributed by atoms with Crippen LogP contribution in [-0.2, 0) is 19.1 Å². The van der Waals surface area contributed by atoms with Crippen LogP contribution in [0.2, 0.25) is 0 Å². The molecule has 0 fully saturated rings. The molecule has 1 aliphatic rings. The Morgan fingerprint density at radius 3 is 1.97 bits per heavy atom. The summed E-state index contributed by atoms with van der Waals surface area (Å²) in [5.74, 6) is -0.584. The summed E-state index contributed by atoms with van der Waals surface area (Å²) in [5, 5.41) is 6.84. The number of hydrogen-bond acceptors (Lipinski definition) is 6. The lowest BCUT2D eigenvalue weighted by atomic mass is 9.82. The van der Waals surface area contributed by atoms with Gasteiger partial charge in [0.25, 0.3) is 0 Å². The van der Waals surface area contributed by atoms with E-state index in [4.69, 9.17) is 9.47 Å². The average Bonchev–Trinajstić information content (AvgIpc) is 2.83. The van der Waals surface area contributed by atoms with E-state index in [1.807, 2.05) is 88.4 Å². The molecular weight excluding hydrogens is 428 g/mol. The lowest BCUT2D eigenvalue weighted by Gasteiger charge is -2.34. The Balaban J connectivity index is 1.93. The molecular formula is C28H36N2O4. The van der Waals surface area contributed by atoms with Crippen LogP contribution in [0.4, 0.5) is 11.4 Å². The molecule has 34 heavy (non-hydrogen) atoms. The molecule has 2 unspecified atom stereocenters. The molecule has 2 aromatic rings. The Bertz CT molecular complexity index is 970. The molecule has 1 aliphatic carbocycles. The van der Waals surface area contributed by atoms with Gasteiger partial charge in [-0.05, 0) is 36.1 Å². The van der Waals surface area contributed by atoms with Crippen LogP contribution < -0.4 is 10.6 Å². The number of benzene rings is 2. The summed E-state index contributed by atoms with van der Waals surface area (Å²) in [7, 11) is 0. The van der Waals surface area contributed by atoms with Crippen LogP contribution >= 0.6 is 0 Å². The first-order valence-electron chi connectivity index (χ1n) is 12.0. The quantitative estimate of drug-likeness (QED) is 0.443. The molecule has 0 saturated heterocycles. The third-order valence-electron chi connectivity index (χ3n) is 5.55. The van der Waals surface area contributed by atoms with E-state index in [1.165, 1.54) is 0 Å². The van der Waals surface area contributed by atoms with Crippen LogP contribution in [0.3, 0.4) is 0 Å². The van der Waals surface area contributed by atoms with Gasteiger partial charge in [0.1, 0.15) is 0 Å². The Morgan fingerprint density at radius 2 is 1.38 bits per heavy atom. The molecule has 0 heterocycles. The molecule has 182 valence electrons. The maximum Gasteiger partial charge on any atom is 0.335 e. The van der Waals surface area contributed by atoms with Gasteiger partial charge in [-0.1, -0.05) is 64.1 Å². The van der Waals surface area contributed by atoms with Gasteiger partial charge in [-0.15, -0.1) is 0 Å². The zero-order chi connectivity index (χ0) is 24.5. The van der Waals surface area contributed by atoms with Crippen molar-refractivity contribution in [3.8, 4) is 0 Å². The fourth-order valence-electron chi connectivity index (χ4n) is 3.83. The molecule has 2 aromatic carbocycles. The van der Waals surface area contributed by atoms with Gasteiger partial charge in [0.2, 0.25) is 0 Å². The molecule has 0 amide bonds. The second-order valence-corrected chi connectivity index (χ2v) is 9.60. The number of rotatable bonds is 10. The molecule has 6 nitrogen and oxygen atoms in total. The van der Waals surface area contributed by atoms with Crippen molar-refractivity contribution in [1.29, 1.82) is 0 Å². The third kappa shape index (κ3) is 7.37. The second kappa shape index (κ2) is 12.3. The summed E-state index contributed by atoms with van der Waals surface area (Å²) in [6.07, 6.45) is 0.699. The van der Waals surface area contributed by atoms with Gasteiger partial charge >= 0.3 is 11.9 Å². The Hall–Kier alpha value is -3.28. The van der Waals surface area contributed by atoms with Gasteiger partial charge < -0.3 is 20.1 Å². The molecule has 0 aromatic heterocycles. The standard InChI is InChI=1S/C28H36N2O4/c1-19(2)17-33-27(31)23-15-26(30-22-13-9-6-10-14-22)24(28(32)34-18-20(3)4)16-25(23)29-21-11-7-5-8-12-21/h5-14,19-20,23,25,29-30H,15-18H2,1-4H3. The SMILES string of the molecule is CC(C)COC(=O)C1=C(Nc2ccccc2)CC(C(=O)OCC(C)C)C(Nc2ccccc2)C1. The molecule has 0 spiro atoms. The van der Waals surface area contributed by atoms with Crippen molar-refractivity contribution < 1.29 is 19.1 Å². The van der Waals surface area contributed by atoms with E-state index < -0.39 is 5.92 Å². The van der Waals surface area contributed by atoms with Crippen molar-refractivity contribution in [3.05, 3.63) is 71.9 Å². The monoisotopic (exact) mass is 464 g/mol. The molecule has 0 aliphatic heterocycles. The highest BCUT2D eigenvalue weighted by Crippen LogP contribution is 2.34.